The largest absolute Gasteiger partial charge is 0.493 e. The molecule has 7 heteroatoms. The van der Waals surface area contributed by atoms with Crippen LogP contribution in [0.15, 0.2) is 41.4 Å². The second-order valence-corrected chi connectivity index (χ2v) is 7.61. The summed E-state index contributed by atoms with van der Waals surface area (Å²) in [4.78, 5) is 8.86. The van der Waals surface area contributed by atoms with E-state index < -0.39 is 0 Å². The molecule has 0 radical (unpaired) electrons. The third-order valence-electron chi connectivity index (χ3n) is 5.56. The minimum absolute atomic E-state index is 0.101. The zero-order valence-corrected chi connectivity index (χ0v) is 18.4. The highest BCUT2D eigenvalue weighted by atomic mass is 19.1. The molecular formula is C23H31FN4O2. The van der Waals surface area contributed by atoms with Gasteiger partial charge in [0.25, 0.3) is 0 Å². The molecule has 2 aromatic carbocycles. The Labute approximate surface area is 178 Å². The van der Waals surface area contributed by atoms with Crippen LogP contribution >= 0.6 is 0 Å². The minimum Gasteiger partial charge on any atom is -0.493 e. The van der Waals surface area contributed by atoms with Gasteiger partial charge in [-0.2, -0.15) is 0 Å². The van der Waals surface area contributed by atoms with Gasteiger partial charge in [0.1, 0.15) is 5.82 Å². The highest BCUT2D eigenvalue weighted by Crippen LogP contribution is 2.33. The third kappa shape index (κ3) is 4.84. The number of hydrogen-bond acceptors (Lipinski definition) is 4. The molecule has 3 rings (SSSR count). The molecule has 0 amide bonds. The SMILES string of the molecule is CN=C(NCC(c1ccc(F)cc1)N(C)C)N1CCc2cc(OC)c(OC)cc2C1. The zero-order chi connectivity index (χ0) is 21.7. The normalized spacial score (nSPS) is 15.0. The average Bonchev–Trinajstić information content (AvgIpc) is 2.76. The summed E-state index contributed by atoms with van der Waals surface area (Å²) in [5.74, 6) is 2.13. The van der Waals surface area contributed by atoms with Gasteiger partial charge in [0, 0.05) is 26.7 Å². The summed E-state index contributed by atoms with van der Waals surface area (Å²) in [6.45, 7) is 2.28. The van der Waals surface area contributed by atoms with Gasteiger partial charge in [-0.15, -0.1) is 0 Å². The van der Waals surface area contributed by atoms with E-state index in [2.05, 4.69) is 32.2 Å². The molecule has 1 N–H and O–H groups in total. The van der Waals surface area contributed by atoms with E-state index in [9.17, 15) is 4.39 Å². The van der Waals surface area contributed by atoms with Gasteiger partial charge >= 0.3 is 0 Å². The van der Waals surface area contributed by atoms with Crippen molar-refractivity contribution >= 4 is 5.96 Å². The molecule has 2 aromatic rings. The molecular weight excluding hydrogens is 383 g/mol. The molecule has 6 nitrogen and oxygen atoms in total. The number of nitrogens with zero attached hydrogens (tertiary/aromatic N) is 3. The van der Waals surface area contributed by atoms with Crippen molar-refractivity contribution in [3.8, 4) is 11.5 Å². The summed E-state index contributed by atoms with van der Waals surface area (Å²) in [7, 11) is 9.16. The lowest BCUT2D eigenvalue weighted by molar-refractivity contribution is 0.291. The number of hydrogen-bond donors (Lipinski definition) is 1. The topological polar surface area (TPSA) is 49.3 Å². The first kappa shape index (κ1) is 21.9. The lowest BCUT2D eigenvalue weighted by Crippen LogP contribution is -2.46. The number of guanidine groups is 1. The number of likely N-dealkylation sites (N-methyl/N-ethyl adjacent to an activating group) is 1. The van der Waals surface area contributed by atoms with E-state index in [0.717, 1.165) is 42.5 Å². The Morgan fingerprint density at radius 1 is 1.13 bits per heavy atom. The predicted octanol–water partition coefficient (Wildman–Crippen LogP) is 3.08. The van der Waals surface area contributed by atoms with Crippen LogP contribution in [0.5, 0.6) is 11.5 Å². The van der Waals surface area contributed by atoms with E-state index in [1.165, 1.54) is 23.3 Å². The quantitative estimate of drug-likeness (QED) is 0.582. The number of halogens is 1. The molecule has 0 aromatic heterocycles. The van der Waals surface area contributed by atoms with Crippen molar-refractivity contribution in [2.24, 2.45) is 4.99 Å². The molecule has 0 saturated heterocycles. The Kier molecular flexibility index (Phi) is 7.15. The fourth-order valence-electron chi connectivity index (χ4n) is 3.87. The van der Waals surface area contributed by atoms with Gasteiger partial charge in [0.05, 0.1) is 20.3 Å². The van der Waals surface area contributed by atoms with Gasteiger partial charge < -0.3 is 24.6 Å². The van der Waals surface area contributed by atoms with Crippen molar-refractivity contribution in [3.63, 3.8) is 0 Å². The van der Waals surface area contributed by atoms with Crippen LogP contribution in [0.1, 0.15) is 22.7 Å². The van der Waals surface area contributed by atoms with Crippen LogP contribution in [-0.2, 0) is 13.0 Å². The van der Waals surface area contributed by atoms with Gasteiger partial charge in [0.15, 0.2) is 17.5 Å². The molecule has 0 saturated carbocycles. The van der Waals surface area contributed by atoms with Gasteiger partial charge in [-0.3, -0.25) is 4.99 Å². The molecule has 1 atom stereocenters. The van der Waals surface area contributed by atoms with Crippen molar-refractivity contribution in [3.05, 3.63) is 58.9 Å². The van der Waals surface area contributed by atoms with Crippen molar-refractivity contribution in [1.82, 2.24) is 15.1 Å². The second-order valence-electron chi connectivity index (χ2n) is 7.61. The Bertz CT molecular complexity index is 884. The highest BCUT2D eigenvalue weighted by Gasteiger charge is 2.23. The zero-order valence-electron chi connectivity index (χ0n) is 18.4. The molecule has 1 aliphatic heterocycles. The van der Waals surface area contributed by atoms with E-state index in [0.29, 0.717) is 6.54 Å². The maximum absolute atomic E-state index is 13.3. The first-order valence-corrected chi connectivity index (χ1v) is 10.1. The lowest BCUT2D eigenvalue weighted by atomic mass is 9.99. The molecule has 0 fully saturated rings. The monoisotopic (exact) mass is 414 g/mol. The third-order valence-corrected chi connectivity index (χ3v) is 5.56. The number of fused-ring (bicyclic) bond motifs is 1. The summed E-state index contributed by atoms with van der Waals surface area (Å²) in [5, 5.41) is 3.50. The van der Waals surface area contributed by atoms with E-state index in [-0.39, 0.29) is 11.9 Å². The van der Waals surface area contributed by atoms with Crippen LogP contribution in [0.4, 0.5) is 4.39 Å². The number of ether oxygens (including phenoxy) is 2. The van der Waals surface area contributed by atoms with Gasteiger partial charge in [0.2, 0.25) is 0 Å². The summed E-state index contributed by atoms with van der Waals surface area (Å²) < 4.78 is 24.2. The van der Waals surface area contributed by atoms with Crippen molar-refractivity contribution in [2.45, 2.75) is 19.0 Å². The number of aliphatic imine (C=N–C) groups is 1. The van der Waals surface area contributed by atoms with Crippen molar-refractivity contribution < 1.29 is 13.9 Å². The van der Waals surface area contributed by atoms with E-state index in [1.54, 1.807) is 21.3 Å². The average molecular weight is 415 g/mol. The van der Waals surface area contributed by atoms with Gasteiger partial charge in [-0.05, 0) is 61.5 Å². The number of rotatable bonds is 6. The number of methoxy groups -OCH3 is 2. The highest BCUT2D eigenvalue weighted by molar-refractivity contribution is 5.80. The van der Waals surface area contributed by atoms with Gasteiger partial charge in [-0.25, -0.2) is 4.39 Å². The van der Waals surface area contributed by atoms with Crippen molar-refractivity contribution in [1.29, 1.82) is 0 Å². The fraction of sp³-hybridized carbons (Fsp3) is 0.435. The van der Waals surface area contributed by atoms with Crippen LogP contribution in [0.3, 0.4) is 0 Å². The van der Waals surface area contributed by atoms with E-state index >= 15 is 0 Å². The Morgan fingerprint density at radius 3 is 2.33 bits per heavy atom. The molecule has 1 heterocycles. The Hall–Kier alpha value is -2.80. The maximum Gasteiger partial charge on any atom is 0.194 e. The number of nitrogens with one attached hydrogen (secondary N) is 1. The smallest absolute Gasteiger partial charge is 0.194 e. The second kappa shape index (κ2) is 9.80. The first-order chi connectivity index (χ1) is 14.5. The molecule has 1 unspecified atom stereocenters. The van der Waals surface area contributed by atoms with Gasteiger partial charge in [-0.1, -0.05) is 12.1 Å². The first-order valence-electron chi connectivity index (χ1n) is 10.1. The van der Waals surface area contributed by atoms with Crippen LogP contribution < -0.4 is 14.8 Å². The fourth-order valence-corrected chi connectivity index (χ4v) is 3.87. The molecule has 0 spiro atoms. The van der Waals surface area contributed by atoms with Crippen molar-refractivity contribution in [2.75, 3.05) is 48.5 Å². The maximum atomic E-state index is 13.3. The Balaban J connectivity index is 1.71. The molecule has 162 valence electrons. The number of benzene rings is 2. The summed E-state index contributed by atoms with van der Waals surface area (Å²) in [5.41, 5.74) is 3.55. The standard InChI is InChI=1S/C23H31FN4O2/c1-25-23(26-14-20(27(2)3)16-6-8-19(24)9-7-16)28-11-10-17-12-21(29-4)22(30-5)13-18(17)15-28/h6-9,12-13,20H,10-11,14-15H2,1-5H3,(H,25,26). The summed E-state index contributed by atoms with van der Waals surface area (Å²) >= 11 is 0. The molecule has 0 aliphatic carbocycles. The molecule has 30 heavy (non-hydrogen) atoms. The predicted molar refractivity (Wildman–Crippen MR) is 118 cm³/mol. The summed E-state index contributed by atoms with van der Waals surface area (Å²) in [6.07, 6.45) is 0.908. The van der Waals surface area contributed by atoms with Crippen LogP contribution in [0, 0.1) is 5.82 Å². The van der Waals surface area contributed by atoms with Crippen LogP contribution in [0.2, 0.25) is 0 Å². The molecule has 1 aliphatic rings. The van der Waals surface area contributed by atoms with E-state index in [4.69, 9.17) is 9.47 Å². The Morgan fingerprint density at radius 2 is 1.77 bits per heavy atom. The minimum atomic E-state index is -0.223. The van der Waals surface area contributed by atoms with Crippen LogP contribution in [-0.4, -0.2) is 64.2 Å². The lowest BCUT2D eigenvalue weighted by Gasteiger charge is -2.33. The van der Waals surface area contributed by atoms with E-state index in [1.807, 2.05) is 26.2 Å². The molecule has 0 bridgehead atoms. The summed E-state index contributed by atoms with van der Waals surface area (Å²) in [6, 6.07) is 10.9. The van der Waals surface area contributed by atoms with Crippen LogP contribution in [0.25, 0.3) is 0 Å².